The normalized spacial score (nSPS) is 15.5. The van der Waals surface area contributed by atoms with Crippen molar-refractivity contribution in [3.05, 3.63) is 36.9 Å². The first-order valence-electron chi connectivity index (χ1n) is 10.4. The highest BCUT2D eigenvalue weighted by atomic mass is 32.2. The number of imidazole rings is 1. The summed E-state index contributed by atoms with van der Waals surface area (Å²) in [4.78, 5) is 14.5. The van der Waals surface area contributed by atoms with Gasteiger partial charge in [0.15, 0.2) is 5.65 Å². The zero-order chi connectivity index (χ0) is 22.0. The Morgan fingerprint density at radius 1 is 1.22 bits per heavy atom. The van der Waals surface area contributed by atoms with E-state index in [1.165, 1.54) is 11.3 Å². The lowest BCUT2D eigenvalue weighted by atomic mass is 10.00. The molecule has 6 rings (SSSR count). The van der Waals surface area contributed by atoms with E-state index in [-0.39, 0.29) is 5.25 Å². The summed E-state index contributed by atoms with van der Waals surface area (Å²) in [5.41, 5.74) is 12.3. The molecular weight excluding hydrogens is 442 g/mol. The number of fused-ring (bicyclic) bond motifs is 2. The van der Waals surface area contributed by atoms with Crippen LogP contribution in [0.3, 0.4) is 0 Å². The lowest BCUT2D eigenvalue weighted by Gasteiger charge is -2.27. The van der Waals surface area contributed by atoms with Crippen molar-refractivity contribution in [1.29, 1.82) is 0 Å². The van der Waals surface area contributed by atoms with Gasteiger partial charge < -0.3 is 14.9 Å². The first-order chi connectivity index (χ1) is 15.5. The highest BCUT2D eigenvalue weighted by Crippen LogP contribution is 2.45. The molecule has 32 heavy (non-hydrogen) atoms. The molecule has 2 N–H and O–H groups in total. The van der Waals surface area contributed by atoms with Gasteiger partial charge in [-0.25, -0.2) is 15.0 Å². The highest BCUT2D eigenvalue weighted by molar-refractivity contribution is 7.94. The summed E-state index contributed by atoms with van der Waals surface area (Å²) >= 11 is 0.334. The molecule has 0 unspecified atom stereocenters. The van der Waals surface area contributed by atoms with Crippen LogP contribution in [0.15, 0.2) is 41.1 Å². The van der Waals surface area contributed by atoms with Crippen LogP contribution in [0.2, 0.25) is 0 Å². The quantitative estimate of drug-likeness (QED) is 0.405. The van der Waals surface area contributed by atoms with Crippen molar-refractivity contribution in [2.75, 3.05) is 5.73 Å². The second-order valence-electron chi connectivity index (χ2n) is 8.15. The fourth-order valence-electron chi connectivity index (χ4n) is 4.12. The van der Waals surface area contributed by atoms with Crippen LogP contribution in [0.5, 0.6) is 0 Å². The number of nitrogens with zero attached hydrogens (tertiary/aromatic N) is 6. The molecule has 0 amide bonds. The molecule has 1 aliphatic rings. The molecule has 10 heteroatoms. The van der Waals surface area contributed by atoms with Gasteiger partial charge in [-0.1, -0.05) is 11.3 Å². The van der Waals surface area contributed by atoms with Crippen molar-refractivity contribution in [3.8, 4) is 22.5 Å². The Hall–Kier alpha value is -2.95. The van der Waals surface area contributed by atoms with Crippen LogP contribution in [0.25, 0.3) is 43.9 Å². The van der Waals surface area contributed by atoms with E-state index < -0.39 is 11.2 Å². The first kappa shape index (κ1) is 19.7. The summed E-state index contributed by atoms with van der Waals surface area (Å²) < 4.78 is 17.7. The molecule has 1 saturated carbocycles. The Bertz CT molecular complexity index is 1480. The molecule has 5 heterocycles. The Morgan fingerprint density at radius 2 is 2.06 bits per heavy atom. The summed E-state index contributed by atoms with van der Waals surface area (Å²) in [6.07, 6.45) is 8.42. The molecule has 5 aromatic rings. The molecule has 8 nitrogen and oxygen atoms in total. The molecule has 0 bridgehead atoms. The number of rotatable bonds is 4. The minimum absolute atomic E-state index is 0.196. The number of thiophene rings is 1. The van der Waals surface area contributed by atoms with Gasteiger partial charge in [0.25, 0.3) is 0 Å². The molecular formula is C22H21N7OS2. The van der Waals surface area contributed by atoms with Gasteiger partial charge in [-0.15, -0.1) is 0 Å². The van der Waals surface area contributed by atoms with Crippen LogP contribution in [0.4, 0.5) is 5.69 Å². The Kier molecular flexibility index (Phi) is 4.49. The third kappa shape index (κ3) is 2.94. The highest BCUT2D eigenvalue weighted by Gasteiger charge is 2.35. The van der Waals surface area contributed by atoms with Crippen LogP contribution >= 0.6 is 11.3 Å². The zero-order valence-corrected chi connectivity index (χ0v) is 19.3. The van der Waals surface area contributed by atoms with Crippen LogP contribution in [0.1, 0.15) is 19.3 Å². The first-order valence-corrected chi connectivity index (χ1v) is 12.4. The molecule has 162 valence electrons. The number of aryl methyl sites for hydroxylation is 2. The predicted molar refractivity (Wildman–Crippen MR) is 128 cm³/mol. The van der Waals surface area contributed by atoms with Crippen molar-refractivity contribution >= 4 is 49.6 Å². The summed E-state index contributed by atoms with van der Waals surface area (Å²) in [5.74, 6) is 0. The van der Waals surface area contributed by atoms with Gasteiger partial charge in [-0.2, -0.15) is 5.10 Å². The van der Waals surface area contributed by atoms with Gasteiger partial charge in [0.2, 0.25) is 4.21 Å². The predicted octanol–water partition coefficient (Wildman–Crippen LogP) is 3.89. The molecule has 0 spiro atoms. The number of aromatic nitrogens is 6. The lowest BCUT2D eigenvalue weighted by Crippen LogP contribution is -2.28. The monoisotopic (exact) mass is 463 g/mol. The maximum absolute atomic E-state index is 13.2. The van der Waals surface area contributed by atoms with Crippen molar-refractivity contribution in [2.45, 2.75) is 28.7 Å². The molecule has 0 aromatic carbocycles. The van der Waals surface area contributed by atoms with Crippen LogP contribution in [0, 0.1) is 0 Å². The van der Waals surface area contributed by atoms with E-state index in [0.29, 0.717) is 11.3 Å². The van der Waals surface area contributed by atoms with E-state index in [4.69, 9.17) is 10.7 Å². The van der Waals surface area contributed by atoms with Crippen LogP contribution < -0.4 is 5.73 Å². The lowest BCUT2D eigenvalue weighted by molar-refractivity contribution is 0.478. The van der Waals surface area contributed by atoms with Crippen molar-refractivity contribution in [1.82, 2.24) is 29.3 Å². The van der Waals surface area contributed by atoms with Crippen LogP contribution in [-0.4, -0.2) is 39.1 Å². The Labute approximate surface area is 191 Å². The summed E-state index contributed by atoms with van der Waals surface area (Å²) in [6, 6.07) is 6.03. The largest absolute Gasteiger partial charge is 0.611 e. The maximum Gasteiger partial charge on any atom is 0.232 e. The third-order valence-corrected chi connectivity index (χ3v) is 9.47. The minimum Gasteiger partial charge on any atom is -0.611 e. The number of hydrogen-bond donors (Lipinski definition) is 1. The Balaban J connectivity index is 1.59. The summed E-state index contributed by atoms with van der Waals surface area (Å²) in [5, 5.41) is 5.39. The van der Waals surface area contributed by atoms with Gasteiger partial charge in [0.05, 0.1) is 23.2 Å². The van der Waals surface area contributed by atoms with E-state index >= 15 is 0 Å². The standard InChI is InChI=1S/C22H21N7OS2/c1-28-11-25-20-17(28)8-12(10-24-20)15-9-14(16-6-7-26-29(16)2)18-19(23)22(31-21(18)27-15)32(30)13-4-3-5-13/h6-11,13H,3-5,23H2,1-2H3/t32-/m1/s1. The van der Waals surface area contributed by atoms with Gasteiger partial charge in [0, 0.05) is 54.2 Å². The topological polar surface area (TPSA) is 110 Å². The SMILES string of the molecule is Cn1nccc1-c1cc(-c2cnc3ncn(C)c3c2)nc2sc([S@+]([O-])C3CCC3)c(N)c12. The summed E-state index contributed by atoms with van der Waals surface area (Å²) in [7, 11) is 3.85. The Morgan fingerprint density at radius 3 is 2.78 bits per heavy atom. The fourth-order valence-corrected chi connectivity index (χ4v) is 7.33. The van der Waals surface area contributed by atoms with E-state index in [1.807, 2.05) is 41.5 Å². The van der Waals surface area contributed by atoms with E-state index in [1.54, 1.807) is 18.7 Å². The second kappa shape index (κ2) is 7.29. The summed E-state index contributed by atoms with van der Waals surface area (Å²) in [6.45, 7) is 0. The number of anilines is 1. The molecule has 1 aliphatic carbocycles. The van der Waals surface area contributed by atoms with Crippen molar-refractivity contribution in [3.63, 3.8) is 0 Å². The second-order valence-corrected chi connectivity index (χ2v) is 11.1. The molecule has 1 fully saturated rings. The fraction of sp³-hybridized carbons (Fsp3) is 0.273. The number of hydrogen-bond acceptors (Lipinski definition) is 7. The number of pyridine rings is 2. The van der Waals surface area contributed by atoms with Crippen LogP contribution in [-0.2, 0) is 25.3 Å². The van der Waals surface area contributed by atoms with Gasteiger partial charge in [0.1, 0.15) is 15.8 Å². The zero-order valence-electron chi connectivity index (χ0n) is 17.6. The molecule has 0 saturated heterocycles. The average Bonchev–Trinajstić information content (AvgIpc) is 3.43. The molecule has 5 aromatic heterocycles. The van der Waals surface area contributed by atoms with Crippen molar-refractivity contribution in [2.24, 2.45) is 14.1 Å². The van der Waals surface area contributed by atoms with E-state index in [0.717, 1.165) is 61.7 Å². The van der Waals surface area contributed by atoms with Gasteiger partial charge in [-0.3, -0.25) is 4.68 Å². The number of nitrogens with two attached hydrogens (primary N) is 1. The minimum atomic E-state index is -1.11. The number of nitrogen functional groups attached to an aromatic ring is 1. The molecule has 0 radical (unpaired) electrons. The average molecular weight is 464 g/mol. The third-order valence-electron chi connectivity index (χ3n) is 6.18. The van der Waals surface area contributed by atoms with Gasteiger partial charge in [-0.05, 0) is 37.5 Å². The molecule has 0 aliphatic heterocycles. The smallest absolute Gasteiger partial charge is 0.232 e. The van der Waals surface area contributed by atoms with Crippen molar-refractivity contribution < 1.29 is 4.55 Å². The van der Waals surface area contributed by atoms with E-state index in [2.05, 4.69) is 15.1 Å². The van der Waals surface area contributed by atoms with E-state index in [9.17, 15) is 4.55 Å². The maximum atomic E-state index is 13.2. The molecule has 1 atom stereocenters. The van der Waals surface area contributed by atoms with Gasteiger partial charge >= 0.3 is 0 Å².